The second-order valence-corrected chi connectivity index (χ2v) is 2.29. The second-order valence-electron chi connectivity index (χ2n) is 2.29. The molecule has 1 aliphatic heterocycles. The first kappa shape index (κ1) is 7.69. The monoisotopic (exact) mass is 153 g/mol. The van der Waals surface area contributed by atoms with Crippen LogP contribution in [0.25, 0.3) is 0 Å². The van der Waals surface area contributed by atoms with E-state index < -0.39 is 11.9 Å². The molecule has 58 valence electrons. The molecule has 11 heavy (non-hydrogen) atoms. The van der Waals surface area contributed by atoms with Gasteiger partial charge in [-0.25, -0.2) is 0 Å². The molecule has 0 spiro atoms. The third-order valence-corrected chi connectivity index (χ3v) is 1.51. The molecule has 0 radical (unpaired) electrons. The van der Waals surface area contributed by atoms with Gasteiger partial charge in [0.25, 0.3) is 0 Å². The SMILES string of the molecule is N#CCN1C(=O)CC(N)C1=O. The van der Waals surface area contributed by atoms with Crippen LogP contribution in [-0.4, -0.2) is 29.3 Å². The van der Waals surface area contributed by atoms with Gasteiger partial charge in [0.05, 0.1) is 18.5 Å². The summed E-state index contributed by atoms with van der Waals surface area (Å²) < 4.78 is 0. The van der Waals surface area contributed by atoms with Crippen molar-refractivity contribution in [3.05, 3.63) is 0 Å². The zero-order valence-corrected chi connectivity index (χ0v) is 5.78. The van der Waals surface area contributed by atoms with E-state index in [2.05, 4.69) is 0 Å². The molecule has 5 heteroatoms. The molecule has 0 aromatic heterocycles. The number of nitriles is 1. The smallest absolute Gasteiger partial charge is 0.247 e. The predicted octanol–water partition coefficient (Wildman–Crippen LogP) is -1.40. The van der Waals surface area contributed by atoms with Crippen LogP contribution in [0, 0.1) is 11.3 Å². The van der Waals surface area contributed by atoms with E-state index in [1.165, 1.54) is 0 Å². The Hall–Kier alpha value is -1.41. The van der Waals surface area contributed by atoms with Gasteiger partial charge in [-0.1, -0.05) is 0 Å². The molecule has 0 aromatic carbocycles. The number of hydrogen-bond donors (Lipinski definition) is 1. The van der Waals surface area contributed by atoms with Crippen LogP contribution in [0.4, 0.5) is 0 Å². The van der Waals surface area contributed by atoms with E-state index in [1.54, 1.807) is 6.07 Å². The molecule has 1 saturated heterocycles. The van der Waals surface area contributed by atoms with E-state index in [4.69, 9.17) is 11.0 Å². The highest BCUT2D eigenvalue weighted by Gasteiger charge is 2.35. The summed E-state index contributed by atoms with van der Waals surface area (Å²) in [6.45, 7) is -0.189. The number of nitrogens with two attached hydrogens (primary N) is 1. The van der Waals surface area contributed by atoms with E-state index in [0.29, 0.717) is 0 Å². The molecule has 1 atom stereocenters. The quantitative estimate of drug-likeness (QED) is 0.370. The summed E-state index contributed by atoms with van der Waals surface area (Å²) in [5, 5.41) is 8.21. The highest BCUT2D eigenvalue weighted by Crippen LogP contribution is 2.09. The van der Waals surface area contributed by atoms with Crippen LogP contribution in [0.15, 0.2) is 0 Å². The molecule has 1 rings (SSSR count). The van der Waals surface area contributed by atoms with Crippen LogP contribution in [0.2, 0.25) is 0 Å². The molecule has 1 fully saturated rings. The Bertz CT molecular complexity index is 243. The van der Waals surface area contributed by atoms with Gasteiger partial charge in [-0.15, -0.1) is 0 Å². The molecule has 1 heterocycles. The molecule has 1 unspecified atom stereocenters. The molecule has 0 saturated carbocycles. The minimum Gasteiger partial charge on any atom is -0.319 e. The fourth-order valence-electron chi connectivity index (χ4n) is 0.946. The molecule has 0 aliphatic carbocycles. The number of carbonyl (C=O) groups excluding carboxylic acids is 2. The van der Waals surface area contributed by atoms with Gasteiger partial charge in [-0.2, -0.15) is 5.26 Å². The number of amides is 2. The van der Waals surface area contributed by atoms with Gasteiger partial charge in [-0.05, 0) is 0 Å². The van der Waals surface area contributed by atoms with Crippen LogP contribution in [0.3, 0.4) is 0 Å². The van der Waals surface area contributed by atoms with Crippen molar-refractivity contribution in [2.24, 2.45) is 5.73 Å². The zero-order chi connectivity index (χ0) is 8.43. The lowest BCUT2D eigenvalue weighted by Gasteiger charge is -2.07. The normalized spacial score (nSPS) is 24.0. The third-order valence-electron chi connectivity index (χ3n) is 1.51. The maximum atomic E-state index is 10.9. The van der Waals surface area contributed by atoms with Gasteiger partial charge in [-0.3, -0.25) is 14.5 Å². The van der Waals surface area contributed by atoms with Crippen LogP contribution in [0.1, 0.15) is 6.42 Å². The number of rotatable bonds is 1. The average Bonchev–Trinajstić information content (AvgIpc) is 2.17. The Morgan fingerprint density at radius 2 is 2.36 bits per heavy atom. The molecule has 2 N–H and O–H groups in total. The summed E-state index contributed by atoms with van der Waals surface area (Å²) in [5.41, 5.74) is 5.27. The average molecular weight is 153 g/mol. The van der Waals surface area contributed by atoms with Crippen molar-refractivity contribution in [1.82, 2.24) is 4.90 Å². The first-order valence-electron chi connectivity index (χ1n) is 3.13. The number of imide groups is 1. The first-order chi connectivity index (χ1) is 5.16. The van der Waals surface area contributed by atoms with Crippen molar-refractivity contribution < 1.29 is 9.59 Å². The fraction of sp³-hybridized carbons (Fsp3) is 0.500. The van der Waals surface area contributed by atoms with Crippen molar-refractivity contribution in [3.63, 3.8) is 0 Å². The van der Waals surface area contributed by atoms with Crippen molar-refractivity contribution in [2.45, 2.75) is 12.5 Å². The van der Waals surface area contributed by atoms with Gasteiger partial charge in [0, 0.05) is 0 Å². The van der Waals surface area contributed by atoms with Crippen molar-refractivity contribution in [3.8, 4) is 6.07 Å². The first-order valence-corrected chi connectivity index (χ1v) is 3.13. The Labute approximate surface area is 63.4 Å². The molecule has 5 nitrogen and oxygen atoms in total. The Kier molecular flexibility index (Phi) is 1.87. The number of nitrogens with zero attached hydrogens (tertiary/aromatic N) is 2. The molecule has 1 aliphatic rings. The van der Waals surface area contributed by atoms with Crippen LogP contribution in [-0.2, 0) is 9.59 Å². The fourth-order valence-corrected chi connectivity index (χ4v) is 0.946. The summed E-state index contributed by atoms with van der Waals surface area (Å²) in [7, 11) is 0. The Morgan fingerprint density at radius 1 is 1.73 bits per heavy atom. The van der Waals surface area contributed by atoms with E-state index in [-0.39, 0.29) is 18.9 Å². The molecule has 0 bridgehead atoms. The van der Waals surface area contributed by atoms with Crippen LogP contribution < -0.4 is 5.73 Å². The maximum Gasteiger partial charge on any atom is 0.247 e. The molecule has 2 amide bonds. The molecular formula is C6H7N3O2. The highest BCUT2D eigenvalue weighted by atomic mass is 16.2. The van der Waals surface area contributed by atoms with E-state index >= 15 is 0 Å². The summed E-state index contributed by atoms with van der Waals surface area (Å²) in [6.07, 6.45) is 0.0283. The number of likely N-dealkylation sites (tertiary alicyclic amines) is 1. The summed E-state index contributed by atoms with van der Waals surface area (Å²) in [5.74, 6) is -0.805. The molecule has 0 aromatic rings. The minimum absolute atomic E-state index is 0.0283. The summed E-state index contributed by atoms with van der Waals surface area (Å²) in [4.78, 5) is 22.7. The third kappa shape index (κ3) is 1.21. The zero-order valence-electron chi connectivity index (χ0n) is 5.78. The van der Waals surface area contributed by atoms with E-state index in [0.717, 1.165) is 4.90 Å². The largest absolute Gasteiger partial charge is 0.319 e. The van der Waals surface area contributed by atoms with Crippen molar-refractivity contribution in [1.29, 1.82) is 5.26 Å². The van der Waals surface area contributed by atoms with Crippen LogP contribution >= 0.6 is 0 Å². The minimum atomic E-state index is -0.740. The highest BCUT2D eigenvalue weighted by molar-refractivity contribution is 6.05. The number of carbonyl (C=O) groups is 2. The standard InChI is InChI=1S/C6H7N3O2/c7-1-2-9-5(10)3-4(8)6(9)11/h4H,2-3,8H2. The lowest BCUT2D eigenvalue weighted by molar-refractivity contribution is -0.137. The summed E-state index contributed by atoms with van der Waals surface area (Å²) >= 11 is 0. The Balaban J connectivity index is 2.73. The van der Waals surface area contributed by atoms with E-state index in [1.807, 2.05) is 0 Å². The molecular weight excluding hydrogens is 146 g/mol. The van der Waals surface area contributed by atoms with Gasteiger partial charge in [0.2, 0.25) is 11.8 Å². The van der Waals surface area contributed by atoms with Gasteiger partial charge in [0.1, 0.15) is 6.54 Å². The number of hydrogen-bond acceptors (Lipinski definition) is 4. The van der Waals surface area contributed by atoms with Crippen molar-refractivity contribution in [2.75, 3.05) is 6.54 Å². The second kappa shape index (κ2) is 2.68. The lowest BCUT2D eigenvalue weighted by atomic mass is 10.3. The topological polar surface area (TPSA) is 87.2 Å². The Morgan fingerprint density at radius 3 is 2.73 bits per heavy atom. The summed E-state index contributed by atoms with van der Waals surface area (Å²) in [6, 6.07) is 0.980. The van der Waals surface area contributed by atoms with Gasteiger partial charge in [0.15, 0.2) is 0 Å². The van der Waals surface area contributed by atoms with Gasteiger partial charge < -0.3 is 5.73 Å². The lowest BCUT2D eigenvalue weighted by Crippen LogP contribution is -2.35. The van der Waals surface area contributed by atoms with Crippen LogP contribution in [0.5, 0.6) is 0 Å². The predicted molar refractivity (Wildman–Crippen MR) is 34.9 cm³/mol. The maximum absolute atomic E-state index is 10.9. The van der Waals surface area contributed by atoms with Crippen molar-refractivity contribution >= 4 is 11.8 Å². The van der Waals surface area contributed by atoms with Gasteiger partial charge >= 0.3 is 0 Å². The van der Waals surface area contributed by atoms with E-state index in [9.17, 15) is 9.59 Å².